The number of nitrogens with zero attached hydrogens (tertiary/aromatic N) is 5. The first kappa shape index (κ1) is 24.0. The number of nitriles is 1. The van der Waals surface area contributed by atoms with E-state index in [1.165, 1.54) is 28.8 Å². The standard InChI is InChI=1S/C23H19F4N5O3/c1-12-6-16(24)8-29-21(12)32-10-15-9-31(11-17(15)30-32)22(33)19-18(35-13(2)23(25,26)27)5-4-14(7-28)20(19)34-3/h4-6,8,10,13H,9,11H2,1-3H3/t13-/m0/s1. The van der Waals surface area contributed by atoms with Crippen molar-refractivity contribution in [3.63, 3.8) is 0 Å². The number of hydrogen-bond donors (Lipinski definition) is 0. The first-order valence-corrected chi connectivity index (χ1v) is 10.4. The van der Waals surface area contributed by atoms with Gasteiger partial charge < -0.3 is 14.4 Å². The molecule has 0 N–H and O–H groups in total. The Morgan fingerprint density at radius 3 is 2.63 bits per heavy atom. The number of carbonyl (C=O) groups excluding carboxylic acids is 1. The summed E-state index contributed by atoms with van der Waals surface area (Å²) in [4.78, 5) is 18.9. The zero-order chi connectivity index (χ0) is 25.5. The minimum Gasteiger partial charge on any atom is -0.494 e. The molecule has 2 aromatic heterocycles. The second kappa shape index (κ2) is 8.90. The van der Waals surface area contributed by atoms with Gasteiger partial charge in [-0.05, 0) is 37.6 Å². The molecule has 0 saturated carbocycles. The number of aromatic nitrogens is 3. The van der Waals surface area contributed by atoms with E-state index in [2.05, 4.69) is 10.1 Å². The van der Waals surface area contributed by atoms with Gasteiger partial charge in [0, 0.05) is 18.3 Å². The Morgan fingerprint density at radius 1 is 1.29 bits per heavy atom. The Labute approximate surface area is 197 Å². The number of rotatable bonds is 5. The maximum atomic E-state index is 13.4. The fourth-order valence-corrected chi connectivity index (χ4v) is 3.76. The highest BCUT2D eigenvalue weighted by Crippen LogP contribution is 2.37. The van der Waals surface area contributed by atoms with Gasteiger partial charge in [0.2, 0.25) is 0 Å². The van der Waals surface area contributed by atoms with E-state index < -0.39 is 24.0 Å². The molecule has 0 saturated heterocycles. The van der Waals surface area contributed by atoms with E-state index >= 15 is 0 Å². The van der Waals surface area contributed by atoms with Crippen LogP contribution in [0.1, 0.15) is 39.7 Å². The van der Waals surface area contributed by atoms with E-state index in [0.717, 1.165) is 19.2 Å². The van der Waals surface area contributed by atoms with Crippen LogP contribution in [0.2, 0.25) is 0 Å². The fraction of sp³-hybridized carbons (Fsp3) is 0.304. The monoisotopic (exact) mass is 489 g/mol. The van der Waals surface area contributed by atoms with Crippen molar-refractivity contribution in [2.45, 2.75) is 39.2 Å². The number of alkyl halides is 3. The van der Waals surface area contributed by atoms with Gasteiger partial charge in [0.1, 0.15) is 23.2 Å². The second-order valence-corrected chi connectivity index (χ2v) is 7.93. The van der Waals surface area contributed by atoms with Crippen molar-refractivity contribution in [3.8, 4) is 23.4 Å². The highest BCUT2D eigenvalue weighted by Gasteiger charge is 2.40. The zero-order valence-corrected chi connectivity index (χ0v) is 18.9. The summed E-state index contributed by atoms with van der Waals surface area (Å²) in [6.07, 6.45) is -4.14. The molecule has 0 aliphatic carbocycles. The van der Waals surface area contributed by atoms with Gasteiger partial charge in [0.25, 0.3) is 5.91 Å². The molecule has 0 fully saturated rings. The van der Waals surface area contributed by atoms with Crippen LogP contribution in [-0.2, 0) is 13.1 Å². The molecule has 1 aromatic carbocycles. The molecule has 1 amide bonds. The number of hydrogen-bond acceptors (Lipinski definition) is 6. The molecule has 12 heteroatoms. The molecule has 3 aromatic rings. The number of methoxy groups -OCH3 is 1. The van der Waals surface area contributed by atoms with E-state index in [1.807, 2.05) is 6.07 Å². The van der Waals surface area contributed by atoms with Crippen molar-refractivity contribution >= 4 is 5.91 Å². The lowest BCUT2D eigenvalue weighted by molar-refractivity contribution is -0.189. The average Bonchev–Trinajstić information content (AvgIpc) is 3.37. The third-order valence-corrected chi connectivity index (χ3v) is 5.52. The zero-order valence-electron chi connectivity index (χ0n) is 18.9. The number of benzene rings is 1. The average molecular weight is 489 g/mol. The summed E-state index contributed by atoms with van der Waals surface area (Å²) >= 11 is 0. The highest BCUT2D eigenvalue weighted by atomic mass is 19.4. The summed E-state index contributed by atoms with van der Waals surface area (Å²) in [5.41, 5.74) is 1.49. The summed E-state index contributed by atoms with van der Waals surface area (Å²) in [5, 5.41) is 13.8. The maximum absolute atomic E-state index is 13.4. The molecule has 4 rings (SSSR count). The van der Waals surface area contributed by atoms with Gasteiger partial charge >= 0.3 is 6.18 Å². The van der Waals surface area contributed by atoms with E-state index in [1.54, 1.807) is 13.1 Å². The number of pyridine rings is 1. The molecular weight excluding hydrogens is 470 g/mol. The third kappa shape index (κ3) is 4.49. The SMILES string of the molecule is COc1c(C#N)ccc(O[C@@H](C)C(F)(F)F)c1C(=O)N1Cc2cn(-c3ncc(F)cc3C)nc2C1. The van der Waals surface area contributed by atoms with Gasteiger partial charge in [-0.15, -0.1) is 0 Å². The maximum Gasteiger partial charge on any atom is 0.425 e. The number of carbonyl (C=O) groups is 1. The van der Waals surface area contributed by atoms with Crippen LogP contribution in [0.4, 0.5) is 17.6 Å². The van der Waals surface area contributed by atoms with Crippen molar-refractivity contribution in [1.82, 2.24) is 19.7 Å². The minimum absolute atomic E-state index is 0.0251. The van der Waals surface area contributed by atoms with Gasteiger partial charge in [0.05, 0.1) is 31.1 Å². The Bertz CT molecular complexity index is 1320. The van der Waals surface area contributed by atoms with Gasteiger partial charge in [-0.3, -0.25) is 4.79 Å². The first-order chi connectivity index (χ1) is 16.5. The lowest BCUT2D eigenvalue weighted by atomic mass is 10.1. The Kier molecular flexibility index (Phi) is 6.10. The molecule has 182 valence electrons. The Balaban J connectivity index is 1.65. The minimum atomic E-state index is -4.67. The van der Waals surface area contributed by atoms with Gasteiger partial charge in [-0.1, -0.05) is 0 Å². The summed E-state index contributed by atoms with van der Waals surface area (Å²) < 4.78 is 64.5. The van der Waals surface area contributed by atoms with Crippen LogP contribution >= 0.6 is 0 Å². The van der Waals surface area contributed by atoms with Gasteiger partial charge in [-0.25, -0.2) is 14.1 Å². The van der Waals surface area contributed by atoms with Crippen LogP contribution in [0.15, 0.2) is 30.6 Å². The van der Waals surface area contributed by atoms with Crippen LogP contribution in [0.25, 0.3) is 5.82 Å². The van der Waals surface area contributed by atoms with Crippen LogP contribution < -0.4 is 9.47 Å². The Hall–Kier alpha value is -4.14. The molecule has 0 spiro atoms. The van der Waals surface area contributed by atoms with Crippen LogP contribution in [0, 0.1) is 24.1 Å². The molecule has 0 unspecified atom stereocenters. The van der Waals surface area contributed by atoms with Crippen LogP contribution in [0.3, 0.4) is 0 Å². The van der Waals surface area contributed by atoms with Crippen molar-refractivity contribution in [2.24, 2.45) is 0 Å². The topological polar surface area (TPSA) is 93.3 Å². The quantitative estimate of drug-likeness (QED) is 0.502. The van der Waals surface area contributed by atoms with Crippen molar-refractivity contribution < 1.29 is 31.8 Å². The van der Waals surface area contributed by atoms with Gasteiger partial charge in [-0.2, -0.15) is 23.5 Å². The second-order valence-electron chi connectivity index (χ2n) is 7.93. The predicted molar refractivity (Wildman–Crippen MR) is 113 cm³/mol. The smallest absolute Gasteiger partial charge is 0.425 e. The molecule has 1 atom stereocenters. The molecule has 8 nitrogen and oxygen atoms in total. The van der Waals surface area contributed by atoms with Crippen molar-refractivity contribution in [2.75, 3.05) is 7.11 Å². The number of fused-ring (bicyclic) bond motifs is 1. The molecule has 0 radical (unpaired) electrons. The number of halogens is 4. The van der Waals surface area contributed by atoms with Crippen molar-refractivity contribution in [3.05, 3.63) is 64.4 Å². The summed E-state index contributed by atoms with van der Waals surface area (Å²) in [7, 11) is 1.21. The lowest BCUT2D eigenvalue weighted by Gasteiger charge is -2.23. The number of ether oxygens (including phenoxy) is 2. The largest absolute Gasteiger partial charge is 0.494 e. The molecule has 1 aliphatic rings. The first-order valence-electron chi connectivity index (χ1n) is 10.4. The normalized spacial score (nSPS) is 13.8. The van der Waals surface area contributed by atoms with E-state index in [9.17, 15) is 27.6 Å². The third-order valence-electron chi connectivity index (χ3n) is 5.52. The fourth-order valence-electron chi connectivity index (χ4n) is 3.76. The predicted octanol–water partition coefficient (Wildman–Crippen LogP) is 4.08. The highest BCUT2D eigenvalue weighted by molar-refractivity contribution is 6.00. The number of aryl methyl sites for hydroxylation is 1. The molecule has 3 heterocycles. The molecule has 1 aliphatic heterocycles. The molecule has 0 bridgehead atoms. The molecular formula is C23H19F4N5O3. The lowest BCUT2D eigenvalue weighted by Crippen LogP contribution is -2.33. The summed E-state index contributed by atoms with van der Waals surface area (Å²) in [6.45, 7) is 2.66. The summed E-state index contributed by atoms with van der Waals surface area (Å²) in [6, 6.07) is 5.57. The van der Waals surface area contributed by atoms with E-state index in [4.69, 9.17) is 9.47 Å². The van der Waals surface area contributed by atoms with E-state index in [-0.39, 0.29) is 35.7 Å². The van der Waals surface area contributed by atoms with Gasteiger partial charge in [0.15, 0.2) is 17.7 Å². The Morgan fingerprint density at radius 2 is 2.03 bits per heavy atom. The molecule has 35 heavy (non-hydrogen) atoms. The van der Waals surface area contributed by atoms with Crippen LogP contribution in [-0.4, -0.2) is 45.0 Å². The van der Waals surface area contributed by atoms with E-state index in [0.29, 0.717) is 22.6 Å². The summed E-state index contributed by atoms with van der Waals surface area (Å²) in [5.74, 6) is -1.25. The van der Waals surface area contributed by atoms with Crippen LogP contribution in [0.5, 0.6) is 11.5 Å². The van der Waals surface area contributed by atoms with Crippen molar-refractivity contribution in [1.29, 1.82) is 5.26 Å². The number of amides is 1.